The van der Waals surface area contributed by atoms with Gasteiger partial charge in [0.25, 0.3) is 5.69 Å². The van der Waals surface area contributed by atoms with Crippen LogP contribution in [0.1, 0.15) is 15.9 Å². The number of esters is 1. The van der Waals surface area contributed by atoms with Crippen molar-refractivity contribution in [2.75, 3.05) is 29.5 Å². The van der Waals surface area contributed by atoms with Gasteiger partial charge in [-0.3, -0.25) is 19.2 Å². The summed E-state index contributed by atoms with van der Waals surface area (Å²) in [4.78, 5) is 34.9. The van der Waals surface area contributed by atoms with E-state index in [1.807, 2.05) is 0 Å². The third kappa shape index (κ3) is 5.08. The van der Waals surface area contributed by atoms with Crippen molar-refractivity contribution in [3.05, 3.63) is 63.7 Å². The van der Waals surface area contributed by atoms with Gasteiger partial charge in [0.05, 0.1) is 40.8 Å². The standard InChI is InChI=1S/C18H19N3O7S/c1-12-15(9-6-10-16(12)21(24)25)20(29(3,26)27)11-17(22)19-14-8-5-4-7-13(14)18(23)28-2/h4-10H,11H2,1-3H3,(H,19,22). The van der Waals surface area contributed by atoms with Crippen molar-refractivity contribution in [1.29, 1.82) is 0 Å². The van der Waals surface area contributed by atoms with Crippen LogP contribution in [0.15, 0.2) is 42.5 Å². The number of amides is 1. The summed E-state index contributed by atoms with van der Waals surface area (Å²) in [7, 11) is -2.75. The van der Waals surface area contributed by atoms with Crippen molar-refractivity contribution >= 4 is 39.0 Å². The van der Waals surface area contributed by atoms with Crippen LogP contribution in [0, 0.1) is 17.0 Å². The van der Waals surface area contributed by atoms with Crippen LogP contribution in [0.5, 0.6) is 0 Å². The maximum atomic E-state index is 12.5. The van der Waals surface area contributed by atoms with Gasteiger partial charge in [0, 0.05) is 6.07 Å². The van der Waals surface area contributed by atoms with Gasteiger partial charge < -0.3 is 10.1 Å². The highest BCUT2D eigenvalue weighted by Gasteiger charge is 2.26. The smallest absolute Gasteiger partial charge is 0.339 e. The predicted octanol–water partition coefficient (Wildman–Crippen LogP) is 2.09. The van der Waals surface area contributed by atoms with E-state index in [1.165, 1.54) is 44.4 Å². The molecule has 2 aromatic carbocycles. The van der Waals surface area contributed by atoms with Gasteiger partial charge in [-0.25, -0.2) is 13.2 Å². The van der Waals surface area contributed by atoms with Crippen molar-refractivity contribution in [3.63, 3.8) is 0 Å². The van der Waals surface area contributed by atoms with Crippen LogP contribution < -0.4 is 9.62 Å². The molecule has 0 aliphatic carbocycles. The Balaban J connectivity index is 2.37. The first-order valence-electron chi connectivity index (χ1n) is 8.25. The van der Waals surface area contributed by atoms with E-state index < -0.39 is 33.4 Å². The Bertz CT molecular complexity index is 1070. The molecule has 0 aliphatic rings. The Labute approximate surface area is 167 Å². The average Bonchev–Trinajstić information content (AvgIpc) is 2.65. The van der Waals surface area contributed by atoms with Crippen molar-refractivity contribution in [2.45, 2.75) is 6.92 Å². The van der Waals surface area contributed by atoms with E-state index in [2.05, 4.69) is 10.1 Å². The van der Waals surface area contributed by atoms with Gasteiger partial charge in [-0.05, 0) is 25.1 Å². The lowest BCUT2D eigenvalue weighted by Crippen LogP contribution is -2.38. The van der Waals surface area contributed by atoms with Crippen LogP contribution in [-0.2, 0) is 19.6 Å². The van der Waals surface area contributed by atoms with Gasteiger partial charge in [0.1, 0.15) is 6.54 Å². The molecule has 2 aromatic rings. The van der Waals surface area contributed by atoms with E-state index in [4.69, 9.17) is 0 Å². The van der Waals surface area contributed by atoms with E-state index in [0.29, 0.717) is 0 Å². The van der Waals surface area contributed by atoms with Crippen molar-refractivity contribution < 1.29 is 27.7 Å². The number of ether oxygens (including phenoxy) is 1. The number of nitrogens with one attached hydrogen (secondary N) is 1. The largest absolute Gasteiger partial charge is 0.465 e. The first-order valence-corrected chi connectivity index (χ1v) is 10.1. The summed E-state index contributed by atoms with van der Waals surface area (Å²) in [6.07, 6.45) is 0.890. The molecule has 0 spiro atoms. The Morgan fingerprint density at radius 2 is 1.83 bits per heavy atom. The summed E-state index contributed by atoms with van der Waals surface area (Å²) in [5, 5.41) is 13.6. The Kier molecular flexibility index (Phi) is 6.54. The second-order valence-corrected chi connectivity index (χ2v) is 7.94. The van der Waals surface area contributed by atoms with Crippen molar-refractivity contribution in [1.82, 2.24) is 0 Å². The average molecular weight is 421 g/mol. The van der Waals surface area contributed by atoms with Crippen molar-refractivity contribution in [2.24, 2.45) is 0 Å². The molecule has 2 rings (SSSR count). The van der Waals surface area contributed by atoms with E-state index in [-0.39, 0.29) is 28.2 Å². The third-order valence-corrected chi connectivity index (χ3v) is 5.16. The zero-order valence-electron chi connectivity index (χ0n) is 15.9. The topological polar surface area (TPSA) is 136 Å². The lowest BCUT2D eigenvalue weighted by molar-refractivity contribution is -0.385. The second-order valence-electron chi connectivity index (χ2n) is 6.03. The number of carbonyl (C=O) groups is 2. The summed E-state index contributed by atoms with van der Waals surface area (Å²) in [6.45, 7) is 0.756. The molecule has 1 N–H and O–H groups in total. The SMILES string of the molecule is COC(=O)c1ccccc1NC(=O)CN(c1cccc([N+](=O)[O-])c1C)S(C)(=O)=O. The van der Waals surface area contributed by atoms with Crippen LogP contribution in [0.2, 0.25) is 0 Å². The highest BCUT2D eigenvalue weighted by atomic mass is 32.2. The fourth-order valence-electron chi connectivity index (χ4n) is 2.66. The summed E-state index contributed by atoms with van der Waals surface area (Å²) in [5.74, 6) is -1.41. The number of anilines is 2. The highest BCUT2D eigenvalue weighted by molar-refractivity contribution is 7.92. The number of hydrogen-bond acceptors (Lipinski definition) is 7. The van der Waals surface area contributed by atoms with Crippen LogP contribution in [0.25, 0.3) is 0 Å². The molecule has 10 nitrogen and oxygen atoms in total. The molecule has 0 aliphatic heterocycles. The molecule has 0 radical (unpaired) electrons. The number of nitro benzene ring substituents is 1. The maximum absolute atomic E-state index is 12.5. The number of rotatable bonds is 7. The summed E-state index contributed by atoms with van der Waals surface area (Å²) < 4.78 is 30.0. The monoisotopic (exact) mass is 421 g/mol. The van der Waals surface area contributed by atoms with Gasteiger partial charge in [-0.15, -0.1) is 0 Å². The molecule has 154 valence electrons. The Hall–Kier alpha value is -3.47. The van der Waals surface area contributed by atoms with E-state index in [1.54, 1.807) is 12.1 Å². The quantitative estimate of drug-likeness (QED) is 0.411. The molecule has 0 atom stereocenters. The van der Waals surface area contributed by atoms with Gasteiger partial charge in [0.15, 0.2) is 0 Å². The molecule has 29 heavy (non-hydrogen) atoms. The lowest BCUT2D eigenvalue weighted by Gasteiger charge is -2.23. The molecule has 0 bridgehead atoms. The molecule has 0 fully saturated rings. The van der Waals surface area contributed by atoms with Gasteiger partial charge >= 0.3 is 5.97 Å². The lowest BCUT2D eigenvalue weighted by atomic mass is 10.1. The molecule has 0 unspecified atom stereocenters. The molecule has 11 heteroatoms. The second kappa shape index (κ2) is 8.69. The van der Waals surface area contributed by atoms with Crippen LogP contribution in [0.4, 0.5) is 17.1 Å². The zero-order valence-corrected chi connectivity index (χ0v) is 16.7. The van der Waals surface area contributed by atoms with Crippen LogP contribution >= 0.6 is 0 Å². The number of sulfonamides is 1. The summed E-state index contributed by atoms with van der Waals surface area (Å²) in [5.41, 5.74) is 0.0886. The highest BCUT2D eigenvalue weighted by Crippen LogP contribution is 2.29. The van der Waals surface area contributed by atoms with E-state index in [9.17, 15) is 28.1 Å². The predicted molar refractivity (Wildman–Crippen MR) is 106 cm³/mol. The minimum atomic E-state index is -3.94. The number of benzene rings is 2. The molecule has 0 saturated carbocycles. The van der Waals surface area contributed by atoms with Gasteiger partial charge in [-0.2, -0.15) is 0 Å². The van der Waals surface area contributed by atoms with Gasteiger partial charge in [0.2, 0.25) is 15.9 Å². The van der Waals surface area contributed by atoms with Gasteiger partial charge in [-0.1, -0.05) is 18.2 Å². The molecular weight excluding hydrogens is 402 g/mol. The van der Waals surface area contributed by atoms with Crippen molar-refractivity contribution in [3.8, 4) is 0 Å². The molecule has 0 aromatic heterocycles. The fourth-order valence-corrected chi connectivity index (χ4v) is 3.57. The summed E-state index contributed by atoms with van der Waals surface area (Å²) >= 11 is 0. The first-order chi connectivity index (χ1) is 13.6. The zero-order chi connectivity index (χ0) is 21.8. The van der Waals surface area contributed by atoms with E-state index >= 15 is 0 Å². The van der Waals surface area contributed by atoms with E-state index in [0.717, 1.165) is 10.6 Å². The third-order valence-electron chi connectivity index (χ3n) is 4.04. The number of carbonyl (C=O) groups excluding carboxylic acids is 2. The molecule has 0 saturated heterocycles. The maximum Gasteiger partial charge on any atom is 0.339 e. The molecular formula is C18H19N3O7S. The first kappa shape index (κ1) is 21.8. The minimum absolute atomic E-state index is 0.0121. The fraction of sp³-hybridized carbons (Fsp3) is 0.222. The summed E-state index contributed by atoms with van der Waals surface area (Å²) in [6, 6.07) is 10.0. The number of nitro groups is 1. The number of hydrogen-bond donors (Lipinski definition) is 1. The van der Waals surface area contributed by atoms with Crippen LogP contribution in [-0.4, -0.2) is 45.1 Å². The number of methoxy groups -OCH3 is 1. The minimum Gasteiger partial charge on any atom is -0.465 e. The Morgan fingerprint density at radius 1 is 1.17 bits per heavy atom. The number of nitrogens with zero attached hydrogens (tertiary/aromatic N) is 2. The normalized spacial score (nSPS) is 10.9. The number of para-hydroxylation sites is 1. The molecule has 1 amide bonds. The molecule has 0 heterocycles. The Morgan fingerprint density at radius 3 is 2.41 bits per heavy atom. The van der Waals surface area contributed by atoms with Crippen LogP contribution in [0.3, 0.4) is 0 Å².